The number of rotatable bonds is 2. The van der Waals surface area contributed by atoms with Gasteiger partial charge in [0.1, 0.15) is 11.6 Å². The highest BCUT2D eigenvalue weighted by Crippen LogP contribution is 2.30. The van der Waals surface area contributed by atoms with Crippen molar-refractivity contribution in [2.24, 2.45) is 0 Å². The molecule has 3 rings (SSSR count). The molecule has 21 heavy (non-hydrogen) atoms. The number of hydrogen-bond acceptors (Lipinski definition) is 1. The van der Waals surface area contributed by atoms with Crippen LogP contribution in [0.1, 0.15) is 5.69 Å². The van der Waals surface area contributed by atoms with Gasteiger partial charge < -0.3 is 0 Å². The lowest BCUT2D eigenvalue weighted by atomic mass is 10.1. The monoisotopic (exact) mass is 304 g/mol. The van der Waals surface area contributed by atoms with Gasteiger partial charge in [-0.2, -0.15) is 0 Å². The second-order valence-electron chi connectivity index (χ2n) is 4.62. The predicted molar refractivity (Wildman–Crippen MR) is 78.7 cm³/mol. The average Bonchev–Trinajstić information content (AvgIpc) is 2.82. The van der Waals surface area contributed by atoms with Gasteiger partial charge in [-0.05, 0) is 43.3 Å². The van der Waals surface area contributed by atoms with Crippen molar-refractivity contribution in [3.8, 4) is 16.9 Å². The number of hydrogen-bond donors (Lipinski definition) is 0. The van der Waals surface area contributed by atoms with Crippen molar-refractivity contribution in [1.82, 2.24) is 9.55 Å². The van der Waals surface area contributed by atoms with Crippen molar-refractivity contribution in [3.05, 3.63) is 71.1 Å². The van der Waals surface area contributed by atoms with Gasteiger partial charge in [-0.3, -0.25) is 4.57 Å². The van der Waals surface area contributed by atoms with E-state index in [0.29, 0.717) is 16.4 Å². The molecule has 2 nitrogen and oxygen atoms in total. The van der Waals surface area contributed by atoms with Crippen molar-refractivity contribution in [2.75, 3.05) is 0 Å². The maximum Gasteiger partial charge on any atom is 0.135 e. The third-order valence-electron chi connectivity index (χ3n) is 3.25. The molecule has 0 aliphatic rings. The molecule has 106 valence electrons. The van der Waals surface area contributed by atoms with Crippen molar-refractivity contribution < 1.29 is 8.78 Å². The lowest BCUT2D eigenvalue weighted by Crippen LogP contribution is -2.00. The van der Waals surface area contributed by atoms with E-state index in [2.05, 4.69) is 4.98 Å². The number of halogens is 3. The van der Waals surface area contributed by atoms with Crippen LogP contribution in [0.5, 0.6) is 0 Å². The summed E-state index contributed by atoms with van der Waals surface area (Å²) in [5, 5.41) is 0.592. The van der Waals surface area contributed by atoms with E-state index < -0.39 is 11.6 Å². The van der Waals surface area contributed by atoms with Crippen molar-refractivity contribution >= 4 is 11.6 Å². The van der Waals surface area contributed by atoms with E-state index in [1.165, 1.54) is 18.2 Å². The molecule has 5 heteroatoms. The highest BCUT2D eigenvalue weighted by molar-refractivity contribution is 6.30. The maximum atomic E-state index is 14.1. The number of aromatic nitrogens is 2. The standard InChI is InChI=1S/C16H11ClF2N2/c1-10-16(15-13(18)3-2-4-14(15)19)21(9-20-10)12-7-5-11(17)6-8-12/h2-9H,1H3. The van der Waals surface area contributed by atoms with Gasteiger partial charge in [0.25, 0.3) is 0 Å². The van der Waals surface area contributed by atoms with E-state index in [1.807, 2.05) is 0 Å². The van der Waals surface area contributed by atoms with E-state index >= 15 is 0 Å². The Hall–Kier alpha value is -2.20. The van der Waals surface area contributed by atoms with Crippen LogP contribution in [0.15, 0.2) is 48.8 Å². The Morgan fingerprint density at radius 3 is 2.24 bits per heavy atom. The first-order chi connectivity index (χ1) is 10.1. The topological polar surface area (TPSA) is 17.8 Å². The zero-order chi connectivity index (χ0) is 15.0. The summed E-state index contributed by atoms with van der Waals surface area (Å²) in [6, 6.07) is 10.8. The van der Waals surface area contributed by atoms with Crippen molar-refractivity contribution in [3.63, 3.8) is 0 Å². The molecule has 0 aliphatic carbocycles. The Kier molecular flexibility index (Phi) is 3.47. The summed E-state index contributed by atoms with van der Waals surface area (Å²) in [5.74, 6) is -1.23. The van der Waals surface area contributed by atoms with Gasteiger partial charge >= 0.3 is 0 Å². The maximum absolute atomic E-state index is 14.1. The molecular formula is C16H11ClF2N2. The largest absolute Gasteiger partial charge is 0.298 e. The Morgan fingerprint density at radius 1 is 1.00 bits per heavy atom. The summed E-state index contributed by atoms with van der Waals surface area (Å²) in [6.45, 7) is 1.72. The molecule has 0 amide bonds. The molecule has 0 saturated carbocycles. The van der Waals surface area contributed by atoms with Crippen LogP contribution in [0, 0.1) is 18.6 Å². The van der Waals surface area contributed by atoms with E-state index in [-0.39, 0.29) is 5.56 Å². The summed E-state index contributed by atoms with van der Waals surface area (Å²) in [7, 11) is 0. The molecule has 0 bridgehead atoms. The SMILES string of the molecule is Cc1ncn(-c2ccc(Cl)cc2)c1-c1c(F)cccc1F. The molecule has 0 N–H and O–H groups in total. The van der Waals surface area contributed by atoms with Crippen LogP contribution in [-0.4, -0.2) is 9.55 Å². The summed E-state index contributed by atoms with van der Waals surface area (Å²) < 4.78 is 29.7. The quantitative estimate of drug-likeness (QED) is 0.666. The number of benzene rings is 2. The zero-order valence-electron chi connectivity index (χ0n) is 11.1. The zero-order valence-corrected chi connectivity index (χ0v) is 11.9. The molecule has 0 unspecified atom stereocenters. The van der Waals surface area contributed by atoms with Crippen LogP contribution in [0.4, 0.5) is 8.78 Å². The molecule has 0 saturated heterocycles. The van der Waals surface area contributed by atoms with Crippen LogP contribution in [0.2, 0.25) is 5.02 Å². The lowest BCUT2D eigenvalue weighted by molar-refractivity contribution is 0.588. The second-order valence-corrected chi connectivity index (χ2v) is 5.06. The molecule has 1 aromatic heterocycles. The summed E-state index contributed by atoms with van der Waals surface area (Å²) in [4.78, 5) is 4.17. The highest BCUT2D eigenvalue weighted by Gasteiger charge is 2.19. The number of aryl methyl sites for hydroxylation is 1. The van der Waals surface area contributed by atoms with Gasteiger partial charge in [0.05, 0.1) is 23.3 Å². The van der Waals surface area contributed by atoms with Gasteiger partial charge in [0, 0.05) is 10.7 Å². The number of nitrogens with zero attached hydrogens (tertiary/aromatic N) is 2. The van der Waals surface area contributed by atoms with Gasteiger partial charge in [0.15, 0.2) is 0 Å². The molecular weight excluding hydrogens is 294 g/mol. The first-order valence-corrected chi connectivity index (χ1v) is 6.70. The molecule has 0 atom stereocenters. The second kappa shape index (κ2) is 5.30. The van der Waals surface area contributed by atoms with Crippen LogP contribution < -0.4 is 0 Å². The first-order valence-electron chi connectivity index (χ1n) is 6.32. The summed E-state index contributed by atoms with van der Waals surface area (Å²) in [6.07, 6.45) is 1.54. The van der Waals surface area contributed by atoms with Crippen LogP contribution in [-0.2, 0) is 0 Å². The number of imidazole rings is 1. The lowest BCUT2D eigenvalue weighted by Gasteiger charge is -2.11. The Balaban J connectivity index is 2.25. The van der Waals surface area contributed by atoms with E-state index in [4.69, 9.17) is 11.6 Å². The fourth-order valence-corrected chi connectivity index (χ4v) is 2.39. The Bertz CT molecular complexity index is 774. The van der Waals surface area contributed by atoms with Gasteiger partial charge in [-0.25, -0.2) is 13.8 Å². The van der Waals surface area contributed by atoms with Crippen molar-refractivity contribution in [1.29, 1.82) is 0 Å². The minimum absolute atomic E-state index is 0.0811. The molecule has 0 aliphatic heterocycles. The minimum Gasteiger partial charge on any atom is -0.298 e. The summed E-state index contributed by atoms with van der Waals surface area (Å²) in [5.41, 5.74) is 1.60. The van der Waals surface area contributed by atoms with E-state index in [9.17, 15) is 8.78 Å². The van der Waals surface area contributed by atoms with Gasteiger partial charge in [-0.15, -0.1) is 0 Å². The van der Waals surface area contributed by atoms with Crippen molar-refractivity contribution in [2.45, 2.75) is 6.92 Å². The third kappa shape index (κ3) is 2.43. The van der Waals surface area contributed by atoms with Crippen LogP contribution >= 0.6 is 11.6 Å². The molecule has 3 aromatic rings. The van der Waals surface area contributed by atoms with Crippen LogP contribution in [0.25, 0.3) is 16.9 Å². The van der Waals surface area contributed by atoms with E-state index in [1.54, 1.807) is 42.1 Å². The molecule has 1 heterocycles. The fourth-order valence-electron chi connectivity index (χ4n) is 2.26. The predicted octanol–water partition coefficient (Wildman–Crippen LogP) is 4.78. The normalized spacial score (nSPS) is 10.9. The minimum atomic E-state index is -0.617. The average molecular weight is 305 g/mol. The Morgan fingerprint density at radius 2 is 1.62 bits per heavy atom. The fraction of sp³-hybridized carbons (Fsp3) is 0.0625. The smallest absolute Gasteiger partial charge is 0.135 e. The van der Waals surface area contributed by atoms with Gasteiger partial charge in [-0.1, -0.05) is 17.7 Å². The van der Waals surface area contributed by atoms with Gasteiger partial charge in [0.2, 0.25) is 0 Å². The molecule has 2 aromatic carbocycles. The van der Waals surface area contributed by atoms with E-state index in [0.717, 1.165) is 5.69 Å². The third-order valence-corrected chi connectivity index (χ3v) is 3.51. The first kappa shape index (κ1) is 13.8. The summed E-state index contributed by atoms with van der Waals surface area (Å²) >= 11 is 5.87. The molecule has 0 radical (unpaired) electrons. The van der Waals surface area contributed by atoms with Crippen LogP contribution in [0.3, 0.4) is 0 Å². The Labute approximate surface area is 125 Å². The molecule has 0 fully saturated rings. The highest BCUT2D eigenvalue weighted by atomic mass is 35.5. The molecule has 0 spiro atoms.